The molecule has 0 saturated heterocycles. The molecule has 0 spiro atoms. The first kappa shape index (κ1) is 22.7. The third-order valence-electron chi connectivity index (χ3n) is 5.47. The molecular formula is C26H20I2N4S. The maximum Gasteiger partial charge on any atom is 0.130 e. The van der Waals surface area contributed by atoms with Gasteiger partial charge in [0.05, 0.1) is 27.5 Å². The van der Waals surface area contributed by atoms with Gasteiger partial charge in [0.15, 0.2) is 0 Å². The lowest BCUT2D eigenvalue weighted by molar-refractivity contribution is 0.856. The van der Waals surface area contributed by atoms with Crippen molar-refractivity contribution in [3.63, 3.8) is 0 Å². The molecule has 3 aromatic carbocycles. The maximum atomic E-state index is 4.69. The van der Waals surface area contributed by atoms with E-state index in [9.17, 15) is 0 Å². The summed E-state index contributed by atoms with van der Waals surface area (Å²) in [5.74, 6) is 1.57. The fourth-order valence-corrected chi connectivity index (χ4v) is 7.30. The Labute approximate surface area is 224 Å². The molecule has 7 heteroatoms. The van der Waals surface area contributed by atoms with Gasteiger partial charge in [-0.25, -0.2) is 15.0 Å². The molecule has 0 aliphatic carbocycles. The van der Waals surface area contributed by atoms with Crippen molar-refractivity contribution < 1.29 is 0 Å². The Kier molecular flexibility index (Phi) is 6.62. The number of nitrogens with zero attached hydrogens (tertiary/aromatic N) is 3. The predicted octanol–water partition coefficient (Wildman–Crippen LogP) is 8.11. The second kappa shape index (κ2) is 9.63. The molecule has 2 aromatic heterocycles. The average molecular weight is 674 g/mol. The van der Waals surface area contributed by atoms with Crippen molar-refractivity contribution in [2.75, 3.05) is 5.32 Å². The van der Waals surface area contributed by atoms with E-state index in [2.05, 4.69) is 122 Å². The highest BCUT2D eigenvalue weighted by molar-refractivity contribution is 14.1. The third-order valence-corrected chi connectivity index (χ3v) is 8.37. The van der Waals surface area contributed by atoms with Gasteiger partial charge in [-0.3, -0.25) is 0 Å². The molecule has 4 nitrogen and oxygen atoms in total. The number of rotatable bonds is 5. The largest absolute Gasteiger partial charge is 0.363 e. The molecule has 5 aromatic rings. The Hall–Kier alpha value is -2.11. The topological polar surface area (TPSA) is 50.7 Å². The summed E-state index contributed by atoms with van der Waals surface area (Å²) in [6.07, 6.45) is 0. The van der Waals surface area contributed by atoms with Crippen LogP contribution in [0.2, 0.25) is 0 Å². The molecule has 0 fully saturated rings. The number of benzene rings is 3. The van der Waals surface area contributed by atoms with Crippen LogP contribution in [0.25, 0.3) is 32.6 Å². The third kappa shape index (κ3) is 4.76. The van der Waals surface area contributed by atoms with Crippen molar-refractivity contribution in [1.29, 1.82) is 0 Å². The lowest BCUT2D eigenvalue weighted by Crippen LogP contribution is -2.12. The molecule has 0 saturated carbocycles. The quantitative estimate of drug-likeness (QED) is 0.192. The molecule has 0 aliphatic rings. The number of halogens is 2. The van der Waals surface area contributed by atoms with Crippen molar-refractivity contribution in [3.05, 3.63) is 90.8 Å². The van der Waals surface area contributed by atoms with Gasteiger partial charge in [-0.05, 0) is 88.4 Å². The monoisotopic (exact) mass is 674 g/mol. The first-order valence-corrected chi connectivity index (χ1v) is 13.5. The molecule has 1 unspecified atom stereocenters. The zero-order chi connectivity index (χ0) is 22.9. The van der Waals surface area contributed by atoms with E-state index in [0.717, 1.165) is 33.1 Å². The second-order valence-electron chi connectivity index (χ2n) is 7.78. The summed E-state index contributed by atoms with van der Waals surface area (Å²) in [4.78, 5) is 13.8. The predicted molar refractivity (Wildman–Crippen MR) is 155 cm³/mol. The highest BCUT2D eigenvalue weighted by Gasteiger charge is 2.18. The van der Waals surface area contributed by atoms with Crippen LogP contribution < -0.4 is 5.32 Å². The van der Waals surface area contributed by atoms with E-state index in [1.807, 2.05) is 24.6 Å². The van der Waals surface area contributed by atoms with E-state index in [1.165, 1.54) is 23.8 Å². The highest BCUT2D eigenvalue weighted by Crippen LogP contribution is 2.35. The lowest BCUT2D eigenvalue weighted by Gasteiger charge is -2.21. The molecule has 0 aliphatic heterocycles. The Morgan fingerprint density at radius 3 is 2.55 bits per heavy atom. The molecule has 0 radical (unpaired) electrons. The molecule has 5 rings (SSSR count). The smallest absolute Gasteiger partial charge is 0.130 e. The summed E-state index contributed by atoms with van der Waals surface area (Å²) in [5.41, 5.74) is 8.63. The van der Waals surface area contributed by atoms with E-state index in [4.69, 9.17) is 4.98 Å². The van der Waals surface area contributed by atoms with Crippen LogP contribution in [0.5, 0.6) is 0 Å². The van der Waals surface area contributed by atoms with Crippen molar-refractivity contribution in [2.24, 2.45) is 0 Å². The fourth-order valence-electron chi connectivity index (χ4n) is 3.90. The van der Waals surface area contributed by atoms with E-state index in [1.54, 1.807) is 11.3 Å². The minimum atomic E-state index is 0.0820. The molecule has 0 bridgehead atoms. The van der Waals surface area contributed by atoms with Crippen molar-refractivity contribution in [3.8, 4) is 22.4 Å². The fraction of sp³-hybridized carbons (Fsp3) is 0.115. The number of anilines is 1. The molecular weight excluding hydrogens is 654 g/mol. The number of fused-ring (bicyclic) bond motifs is 1. The molecule has 164 valence electrons. The Balaban J connectivity index is 1.48. The summed E-state index contributed by atoms with van der Waals surface area (Å²) in [7, 11) is 0. The highest BCUT2D eigenvalue weighted by atomic mass is 127. The Morgan fingerprint density at radius 1 is 0.909 bits per heavy atom. The number of aromatic nitrogens is 3. The van der Waals surface area contributed by atoms with Gasteiger partial charge < -0.3 is 5.32 Å². The lowest BCUT2D eigenvalue weighted by atomic mass is 10.00. The Bertz CT molecular complexity index is 1450. The van der Waals surface area contributed by atoms with Crippen molar-refractivity contribution in [2.45, 2.75) is 19.9 Å². The van der Waals surface area contributed by atoms with E-state index in [-0.39, 0.29) is 6.04 Å². The van der Waals surface area contributed by atoms with Crippen LogP contribution in [0, 0.1) is 14.1 Å². The first-order chi connectivity index (χ1) is 16.0. The van der Waals surface area contributed by atoms with Crippen LogP contribution in [0.4, 0.5) is 5.82 Å². The summed E-state index contributed by atoms with van der Waals surface area (Å²) in [6, 6.07) is 23.3. The van der Waals surface area contributed by atoms with Gasteiger partial charge in [0, 0.05) is 24.3 Å². The van der Waals surface area contributed by atoms with Crippen LogP contribution >= 0.6 is 56.5 Å². The number of hydrogen-bond acceptors (Lipinski definition) is 5. The zero-order valence-electron chi connectivity index (χ0n) is 18.0. The summed E-state index contributed by atoms with van der Waals surface area (Å²) < 4.78 is 3.65. The van der Waals surface area contributed by atoms with E-state index >= 15 is 0 Å². The number of thiazole rings is 1. The number of hydrogen-bond donors (Lipinski definition) is 1. The van der Waals surface area contributed by atoms with Gasteiger partial charge in [0.2, 0.25) is 0 Å². The summed E-state index contributed by atoms with van der Waals surface area (Å²) >= 11 is 6.55. The minimum Gasteiger partial charge on any atom is -0.363 e. The van der Waals surface area contributed by atoms with E-state index < -0.39 is 0 Å². The average Bonchev–Trinajstić information content (AvgIpc) is 3.27. The summed E-state index contributed by atoms with van der Waals surface area (Å²) in [6.45, 7) is 4.13. The first-order valence-electron chi connectivity index (χ1n) is 10.5. The molecule has 2 heterocycles. The van der Waals surface area contributed by atoms with Gasteiger partial charge in [-0.15, -0.1) is 11.3 Å². The SMILES string of the molecule is Cc1nc(NC(C)c2c(I)ccc(-c3ccccc3)c2I)cc(-c2ccc3ncsc3c2)n1. The molecule has 1 atom stereocenters. The van der Waals surface area contributed by atoms with Crippen molar-refractivity contribution >= 4 is 72.6 Å². The maximum absolute atomic E-state index is 4.69. The van der Waals surface area contributed by atoms with Crippen molar-refractivity contribution in [1.82, 2.24) is 15.0 Å². The van der Waals surface area contributed by atoms with Gasteiger partial charge in [0.25, 0.3) is 0 Å². The number of aryl methyl sites for hydroxylation is 1. The normalized spacial score (nSPS) is 12.1. The molecule has 0 amide bonds. The summed E-state index contributed by atoms with van der Waals surface area (Å²) in [5, 5.41) is 3.63. The van der Waals surface area contributed by atoms with Gasteiger partial charge in [-0.2, -0.15) is 0 Å². The van der Waals surface area contributed by atoms with Crippen LogP contribution in [-0.2, 0) is 0 Å². The van der Waals surface area contributed by atoms with Crippen LogP contribution in [-0.4, -0.2) is 15.0 Å². The van der Waals surface area contributed by atoms with Crippen LogP contribution in [0.15, 0.2) is 72.2 Å². The minimum absolute atomic E-state index is 0.0820. The molecule has 33 heavy (non-hydrogen) atoms. The van der Waals surface area contributed by atoms with Crippen LogP contribution in [0.1, 0.15) is 24.4 Å². The van der Waals surface area contributed by atoms with E-state index in [0.29, 0.717) is 0 Å². The van der Waals surface area contributed by atoms with Crippen LogP contribution in [0.3, 0.4) is 0 Å². The van der Waals surface area contributed by atoms with Gasteiger partial charge >= 0.3 is 0 Å². The Morgan fingerprint density at radius 2 is 1.73 bits per heavy atom. The molecule has 1 N–H and O–H groups in total. The zero-order valence-corrected chi connectivity index (χ0v) is 23.1. The van der Waals surface area contributed by atoms with Gasteiger partial charge in [-0.1, -0.05) is 42.5 Å². The van der Waals surface area contributed by atoms with Gasteiger partial charge in [0.1, 0.15) is 11.6 Å². The number of nitrogens with one attached hydrogen (secondary N) is 1. The standard InChI is InChI=1S/C26H20I2N4S/c1-15(25-20(27)10-9-19(26(25)28)17-6-4-3-5-7-17)30-24-13-22(31-16(2)32-24)18-8-11-21-23(12-18)33-14-29-21/h3-15H,1-2H3,(H,30,31,32). The second-order valence-corrected chi connectivity index (χ2v) is 10.9.